The van der Waals surface area contributed by atoms with Crippen LogP contribution in [0.1, 0.15) is 33.9 Å². The molecule has 1 fully saturated rings. The van der Waals surface area contributed by atoms with Gasteiger partial charge in [-0.2, -0.15) is 0 Å². The van der Waals surface area contributed by atoms with Crippen LogP contribution in [0, 0.1) is 26.6 Å². The van der Waals surface area contributed by atoms with Gasteiger partial charge in [0.15, 0.2) is 11.6 Å². The van der Waals surface area contributed by atoms with Crippen molar-refractivity contribution in [1.29, 1.82) is 0 Å². The van der Waals surface area contributed by atoms with Gasteiger partial charge in [0.1, 0.15) is 5.82 Å². The first-order chi connectivity index (χ1) is 12.8. The molecule has 8 heteroatoms. The molecule has 1 atom stereocenters. The van der Waals surface area contributed by atoms with Gasteiger partial charge in [-0.15, -0.1) is 0 Å². The van der Waals surface area contributed by atoms with E-state index < -0.39 is 0 Å². The summed E-state index contributed by atoms with van der Waals surface area (Å²) in [6, 6.07) is 1.52. The number of rotatable bonds is 4. The fraction of sp³-hybridized carbons (Fsp3) is 0.474. The normalized spacial score (nSPS) is 16.5. The Labute approximate surface area is 158 Å². The highest BCUT2D eigenvalue weighted by atomic mass is 19.1. The molecule has 2 aromatic heterocycles. The molecule has 0 aliphatic carbocycles. The van der Waals surface area contributed by atoms with Crippen molar-refractivity contribution in [2.75, 3.05) is 37.4 Å². The van der Waals surface area contributed by atoms with E-state index in [0.717, 1.165) is 35.6 Å². The molecule has 2 aromatic rings. The summed E-state index contributed by atoms with van der Waals surface area (Å²) in [7, 11) is 3.36. The van der Waals surface area contributed by atoms with Crippen molar-refractivity contribution in [3.63, 3.8) is 0 Å². The average molecular weight is 372 g/mol. The Kier molecular flexibility index (Phi) is 5.25. The van der Waals surface area contributed by atoms with Gasteiger partial charge < -0.3 is 15.1 Å². The Hall–Kier alpha value is -2.77. The van der Waals surface area contributed by atoms with E-state index in [1.807, 2.05) is 20.8 Å². The number of hydrogen-bond donors (Lipinski definition) is 1. The molecule has 1 amide bonds. The van der Waals surface area contributed by atoms with Gasteiger partial charge in [0.2, 0.25) is 5.82 Å². The lowest BCUT2D eigenvalue weighted by molar-refractivity contribution is 0.0815. The minimum Gasteiger partial charge on any atom is -0.363 e. The minimum atomic E-state index is -0.346. The molecule has 0 bridgehead atoms. The van der Waals surface area contributed by atoms with Crippen LogP contribution >= 0.6 is 0 Å². The molecule has 3 rings (SSSR count). The summed E-state index contributed by atoms with van der Waals surface area (Å²) in [5, 5.41) is 3.18. The van der Waals surface area contributed by atoms with E-state index in [9.17, 15) is 9.18 Å². The van der Waals surface area contributed by atoms with Gasteiger partial charge in [-0.1, -0.05) is 0 Å². The van der Waals surface area contributed by atoms with E-state index in [2.05, 4.69) is 25.2 Å². The predicted octanol–water partition coefficient (Wildman–Crippen LogP) is 2.33. The summed E-state index contributed by atoms with van der Waals surface area (Å²) in [5.74, 6) is 0.655. The number of carbonyl (C=O) groups is 1. The van der Waals surface area contributed by atoms with Crippen molar-refractivity contribution in [1.82, 2.24) is 19.9 Å². The van der Waals surface area contributed by atoms with Crippen molar-refractivity contribution >= 4 is 17.5 Å². The molecule has 0 spiro atoms. The number of aromatic nitrogens is 3. The summed E-state index contributed by atoms with van der Waals surface area (Å²) < 4.78 is 14.1. The second-order valence-corrected chi connectivity index (χ2v) is 7.20. The van der Waals surface area contributed by atoms with Crippen molar-refractivity contribution < 1.29 is 9.18 Å². The average Bonchev–Trinajstić information content (AvgIpc) is 3.07. The quantitative estimate of drug-likeness (QED) is 0.888. The minimum absolute atomic E-state index is 0.0531. The van der Waals surface area contributed by atoms with Crippen LogP contribution in [0.15, 0.2) is 12.3 Å². The number of carbonyl (C=O) groups excluding carboxylic acids is 1. The smallest absolute Gasteiger partial charge is 0.291 e. The van der Waals surface area contributed by atoms with E-state index in [4.69, 9.17) is 0 Å². The maximum absolute atomic E-state index is 14.1. The van der Waals surface area contributed by atoms with Gasteiger partial charge in [0.05, 0.1) is 0 Å². The second kappa shape index (κ2) is 7.46. The molecule has 1 aliphatic rings. The summed E-state index contributed by atoms with van der Waals surface area (Å²) in [5.41, 5.74) is 2.52. The molecule has 0 aromatic carbocycles. The zero-order valence-corrected chi connectivity index (χ0v) is 16.4. The highest BCUT2D eigenvalue weighted by Crippen LogP contribution is 2.26. The number of aryl methyl sites for hydroxylation is 2. The zero-order chi connectivity index (χ0) is 19.7. The fourth-order valence-electron chi connectivity index (χ4n) is 3.12. The largest absolute Gasteiger partial charge is 0.363 e. The van der Waals surface area contributed by atoms with Gasteiger partial charge in [0.25, 0.3) is 5.91 Å². The topological polar surface area (TPSA) is 74.2 Å². The lowest BCUT2D eigenvalue weighted by atomic mass is 10.2. The Morgan fingerprint density at radius 1 is 1.30 bits per heavy atom. The lowest BCUT2D eigenvalue weighted by Crippen LogP contribution is -2.30. The first-order valence-corrected chi connectivity index (χ1v) is 8.96. The predicted molar refractivity (Wildman–Crippen MR) is 103 cm³/mol. The Morgan fingerprint density at radius 2 is 2.04 bits per heavy atom. The van der Waals surface area contributed by atoms with Crippen LogP contribution < -0.4 is 10.2 Å². The van der Waals surface area contributed by atoms with Crippen LogP contribution in [-0.4, -0.2) is 59.0 Å². The first-order valence-electron chi connectivity index (χ1n) is 8.96. The third-order valence-electron chi connectivity index (χ3n) is 4.77. The van der Waals surface area contributed by atoms with Crippen molar-refractivity contribution in [2.24, 2.45) is 0 Å². The molecule has 144 valence electrons. The zero-order valence-electron chi connectivity index (χ0n) is 16.4. The Bertz CT molecular complexity index is 870. The maximum Gasteiger partial charge on any atom is 0.291 e. The molecule has 1 saturated heterocycles. The maximum atomic E-state index is 14.1. The second-order valence-electron chi connectivity index (χ2n) is 7.20. The molecular weight excluding hydrogens is 347 g/mol. The third kappa shape index (κ3) is 3.99. The number of nitrogens with one attached hydrogen (secondary N) is 1. The van der Waals surface area contributed by atoms with Gasteiger partial charge in [-0.3, -0.25) is 4.79 Å². The first kappa shape index (κ1) is 19.0. The van der Waals surface area contributed by atoms with Crippen LogP contribution in [0.2, 0.25) is 0 Å². The van der Waals surface area contributed by atoms with Crippen LogP contribution in [0.5, 0.6) is 0 Å². The van der Waals surface area contributed by atoms with Crippen molar-refractivity contribution in [2.45, 2.75) is 33.2 Å². The van der Waals surface area contributed by atoms with E-state index in [0.29, 0.717) is 6.54 Å². The van der Waals surface area contributed by atoms with E-state index in [-0.39, 0.29) is 29.4 Å². The summed E-state index contributed by atoms with van der Waals surface area (Å²) in [6.07, 6.45) is 2.48. The molecule has 3 heterocycles. The molecule has 0 saturated carbocycles. The standard InChI is InChI=1S/C19H25FN6O/c1-11-8-15(20)16(21-9-11)23-14-6-7-26(10-14)18-12(2)13(3)22-17(24-18)19(27)25(4)5/h8-9,14H,6-7,10H2,1-5H3,(H,21,23)/t14-/m1/s1. The van der Waals surface area contributed by atoms with E-state index in [1.54, 1.807) is 20.3 Å². The van der Waals surface area contributed by atoms with E-state index >= 15 is 0 Å². The summed E-state index contributed by atoms with van der Waals surface area (Å²) in [4.78, 5) is 28.8. The Balaban J connectivity index is 1.79. The number of anilines is 2. The number of pyridine rings is 1. The van der Waals surface area contributed by atoms with Crippen LogP contribution in [0.3, 0.4) is 0 Å². The highest BCUT2D eigenvalue weighted by Gasteiger charge is 2.27. The molecule has 7 nitrogen and oxygen atoms in total. The summed E-state index contributed by atoms with van der Waals surface area (Å²) >= 11 is 0. The van der Waals surface area contributed by atoms with Gasteiger partial charge in [-0.25, -0.2) is 19.3 Å². The number of nitrogens with zero attached hydrogens (tertiary/aromatic N) is 5. The third-order valence-corrected chi connectivity index (χ3v) is 4.77. The number of hydrogen-bond acceptors (Lipinski definition) is 6. The van der Waals surface area contributed by atoms with Gasteiger partial charge in [0, 0.05) is 50.7 Å². The highest BCUT2D eigenvalue weighted by molar-refractivity contribution is 5.90. The van der Waals surface area contributed by atoms with Crippen LogP contribution in [0.4, 0.5) is 16.0 Å². The molecule has 1 N–H and O–H groups in total. The molecule has 1 aliphatic heterocycles. The SMILES string of the molecule is Cc1cnc(N[C@@H]2CCN(c3nc(C(=O)N(C)C)nc(C)c3C)C2)c(F)c1. The van der Waals surface area contributed by atoms with Gasteiger partial charge >= 0.3 is 0 Å². The fourth-order valence-corrected chi connectivity index (χ4v) is 3.12. The molecule has 0 radical (unpaired) electrons. The van der Waals surface area contributed by atoms with E-state index in [1.165, 1.54) is 11.0 Å². The van der Waals surface area contributed by atoms with Crippen LogP contribution in [0.25, 0.3) is 0 Å². The molecule has 0 unspecified atom stereocenters. The lowest BCUT2D eigenvalue weighted by Gasteiger charge is -2.22. The van der Waals surface area contributed by atoms with Gasteiger partial charge in [-0.05, 0) is 38.8 Å². The monoisotopic (exact) mass is 372 g/mol. The summed E-state index contributed by atoms with van der Waals surface area (Å²) in [6.45, 7) is 7.06. The molecular formula is C19H25FN6O. The van der Waals surface area contributed by atoms with Crippen molar-refractivity contribution in [3.8, 4) is 0 Å². The number of amides is 1. The Morgan fingerprint density at radius 3 is 2.70 bits per heavy atom. The van der Waals surface area contributed by atoms with Crippen LogP contribution in [-0.2, 0) is 0 Å². The molecule has 27 heavy (non-hydrogen) atoms. The number of halogens is 1. The van der Waals surface area contributed by atoms with Crippen molar-refractivity contribution in [3.05, 3.63) is 40.7 Å².